The Morgan fingerprint density at radius 3 is 2.77 bits per heavy atom. The average molecular weight is 291 g/mol. The Morgan fingerprint density at radius 1 is 1.14 bits per heavy atom. The highest BCUT2D eigenvalue weighted by Gasteiger charge is 2.02. The first-order valence-electron chi connectivity index (χ1n) is 7.21. The molecule has 3 rings (SSSR count). The number of hydrogen-bond acceptors (Lipinski definition) is 2. The van der Waals surface area contributed by atoms with Crippen molar-refractivity contribution in [1.29, 1.82) is 0 Å². The van der Waals surface area contributed by atoms with Gasteiger partial charge in [-0.3, -0.25) is 4.79 Å². The number of benzene rings is 2. The molecule has 0 saturated heterocycles. The fourth-order valence-corrected chi connectivity index (χ4v) is 2.24. The number of furan rings is 1. The maximum absolute atomic E-state index is 11.8. The van der Waals surface area contributed by atoms with E-state index in [0.29, 0.717) is 12.3 Å². The summed E-state index contributed by atoms with van der Waals surface area (Å²) in [7, 11) is 0. The summed E-state index contributed by atoms with van der Waals surface area (Å²) >= 11 is 0. The van der Waals surface area contributed by atoms with Crippen LogP contribution in [0.3, 0.4) is 0 Å². The first-order valence-corrected chi connectivity index (χ1v) is 7.21. The van der Waals surface area contributed by atoms with E-state index in [9.17, 15) is 4.79 Å². The Hall–Kier alpha value is -2.81. The molecule has 3 heteroatoms. The molecule has 3 aromatic rings. The zero-order valence-electron chi connectivity index (χ0n) is 12.4. The number of nitrogens with one attached hydrogen (secondary N) is 1. The van der Waals surface area contributed by atoms with E-state index < -0.39 is 0 Å². The van der Waals surface area contributed by atoms with Crippen LogP contribution in [0.25, 0.3) is 17.0 Å². The highest BCUT2D eigenvalue weighted by molar-refractivity contribution is 5.92. The molecule has 0 fully saturated rings. The van der Waals surface area contributed by atoms with Gasteiger partial charge < -0.3 is 9.73 Å². The van der Waals surface area contributed by atoms with Gasteiger partial charge in [-0.25, -0.2) is 0 Å². The van der Waals surface area contributed by atoms with Gasteiger partial charge in [-0.15, -0.1) is 0 Å². The zero-order valence-corrected chi connectivity index (χ0v) is 12.4. The van der Waals surface area contributed by atoms with Crippen LogP contribution < -0.4 is 5.32 Å². The molecule has 0 unspecified atom stereocenters. The summed E-state index contributed by atoms with van der Waals surface area (Å²) < 4.78 is 5.70. The van der Waals surface area contributed by atoms with E-state index in [2.05, 4.69) is 5.32 Å². The smallest absolute Gasteiger partial charge is 0.244 e. The second-order valence-corrected chi connectivity index (χ2v) is 5.23. The van der Waals surface area contributed by atoms with Crippen LogP contribution in [0.4, 0.5) is 0 Å². The van der Waals surface area contributed by atoms with Crippen LogP contribution in [-0.4, -0.2) is 5.91 Å². The quantitative estimate of drug-likeness (QED) is 0.736. The van der Waals surface area contributed by atoms with E-state index in [-0.39, 0.29) is 5.91 Å². The summed E-state index contributed by atoms with van der Waals surface area (Å²) in [6, 6.07) is 17.8. The third-order valence-corrected chi connectivity index (χ3v) is 3.40. The van der Waals surface area contributed by atoms with Gasteiger partial charge in [0.25, 0.3) is 0 Å². The van der Waals surface area contributed by atoms with Gasteiger partial charge in [0, 0.05) is 18.0 Å². The van der Waals surface area contributed by atoms with Gasteiger partial charge in [-0.05, 0) is 36.3 Å². The summed E-state index contributed by atoms with van der Waals surface area (Å²) in [4.78, 5) is 11.8. The van der Waals surface area contributed by atoms with Crippen LogP contribution in [0.5, 0.6) is 0 Å². The molecule has 0 spiro atoms. The molecule has 0 aliphatic rings. The van der Waals surface area contributed by atoms with Gasteiger partial charge in [-0.2, -0.15) is 0 Å². The molecule has 110 valence electrons. The molecule has 0 bridgehead atoms. The highest BCUT2D eigenvalue weighted by atomic mass is 16.3. The predicted octanol–water partition coefficient (Wildman–Crippen LogP) is 4.07. The first-order chi connectivity index (χ1) is 10.7. The highest BCUT2D eigenvalue weighted by Crippen LogP contribution is 2.21. The number of rotatable bonds is 4. The fourth-order valence-electron chi connectivity index (χ4n) is 2.24. The van der Waals surface area contributed by atoms with Crippen molar-refractivity contribution in [1.82, 2.24) is 5.32 Å². The molecule has 2 aromatic carbocycles. The maximum atomic E-state index is 11.8. The summed E-state index contributed by atoms with van der Waals surface area (Å²) in [6.07, 6.45) is 3.18. The molecule has 22 heavy (non-hydrogen) atoms. The van der Waals surface area contributed by atoms with E-state index in [4.69, 9.17) is 4.42 Å². The molecule has 1 N–H and O–H groups in total. The number of amides is 1. The van der Waals surface area contributed by atoms with E-state index in [1.165, 1.54) is 6.08 Å². The third-order valence-electron chi connectivity index (χ3n) is 3.40. The Labute approximate surface area is 129 Å². The lowest BCUT2D eigenvalue weighted by atomic mass is 10.2. The van der Waals surface area contributed by atoms with E-state index in [0.717, 1.165) is 22.1 Å². The predicted molar refractivity (Wildman–Crippen MR) is 88.3 cm³/mol. The lowest BCUT2D eigenvalue weighted by Gasteiger charge is -2.01. The van der Waals surface area contributed by atoms with Crippen molar-refractivity contribution >= 4 is 23.0 Å². The van der Waals surface area contributed by atoms with Gasteiger partial charge >= 0.3 is 0 Å². The lowest BCUT2D eigenvalue weighted by Crippen LogP contribution is -2.20. The van der Waals surface area contributed by atoms with Gasteiger partial charge in [0.2, 0.25) is 5.91 Å². The molecule has 1 heterocycles. The molecule has 1 aromatic heterocycles. The Kier molecular flexibility index (Phi) is 4.05. The molecular weight excluding hydrogens is 274 g/mol. The van der Waals surface area contributed by atoms with Crippen molar-refractivity contribution in [3.8, 4) is 0 Å². The van der Waals surface area contributed by atoms with Crippen molar-refractivity contribution in [3.05, 3.63) is 77.6 Å². The van der Waals surface area contributed by atoms with Crippen LogP contribution in [0, 0.1) is 6.92 Å². The summed E-state index contributed by atoms with van der Waals surface area (Å²) in [5.74, 6) is 0.538. The van der Waals surface area contributed by atoms with Crippen LogP contribution >= 0.6 is 0 Å². The topological polar surface area (TPSA) is 42.2 Å². The fraction of sp³-hybridized carbons (Fsp3) is 0.105. The second-order valence-electron chi connectivity index (χ2n) is 5.23. The van der Waals surface area contributed by atoms with Gasteiger partial charge in [0.1, 0.15) is 11.3 Å². The minimum atomic E-state index is -0.138. The number of aryl methyl sites for hydroxylation is 1. The number of fused-ring (bicyclic) bond motifs is 1. The molecule has 3 nitrogen and oxygen atoms in total. The lowest BCUT2D eigenvalue weighted by molar-refractivity contribution is -0.116. The Morgan fingerprint density at radius 2 is 1.95 bits per heavy atom. The normalized spacial score (nSPS) is 11.1. The SMILES string of the molecule is Cc1ccc2cc(C=CC(=O)NCc3ccccc3)oc2c1. The van der Waals surface area contributed by atoms with Crippen molar-refractivity contribution in [3.63, 3.8) is 0 Å². The maximum Gasteiger partial charge on any atom is 0.244 e. The van der Waals surface area contributed by atoms with Crippen LogP contribution in [0.2, 0.25) is 0 Å². The monoisotopic (exact) mass is 291 g/mol. The third kappa shape index (κ3) is 3.44. The Balaban J connectivity index is 1.63. The summed E-state index contributed by atoms with van der Waals surface area (Å²) in [5, 5.41) is 3.88. The number of carbonyl (C=O) groups excluding carboxylic acids is 1. The molecule has 0 aliphatic heterocycles. The number of carbonyl (C=O) groups is 1. The second kappa shape index (κ2) is 6.31. The first kappa shape index (κ1) is 14.1. The van der Waals surface area contributed by atoms with Crippen LogP contribution in [-0.2, 0) is 11.3 Å². The largest absolute Gasteiger partial charge is 0.457 e. The molecule has 0 aliphatic carbocycles. The standard InChI is InChI=1S/C19H17NO2/c1-14-7-8-16-12-17(22-18(16)11-14)9-10-19(21)20-13-15-5-3-2-4-6-15/h2-12H,13H2,1H3,(H,20,21). The minimum Gasteiger partial charge on any atom is -0.457 e. The van der Waals surface area contributed by atoms with Crippen molar-refractivity contribution in [2.45, 2.75) is 13.5 Å². The average Bonchev–Trinajstić information content (AvgIpc) is 2.94. The summed E-state index contributed by atoms with van der Waals surface area (Å²) in [5.41, 5.74) is 3.06. The van der Waals surface area contributed by atoms with Crippen molar-refractivity contribution in [2.75, 3.05) is 0 Å². The molecule has 0 atom stereocenters. The zero-order chi connectivity index (χ0) is 15.4. The van der Waals surface area contributed by atoms with Gasteiger partial charge in [-0.1, -0.05) is 42.5 Å². The molecule has 1 amide bonds. The van der Waals surface area contributed by atoms with Crippen molar-refractivity contribution < 1.29 is 9.21 Å². The summed E-state index contributed by atoms with van der Waals surface area (Å²) in [6.45, 7) is 2.54. The van der Waals surface area contributed by atoms with E-state index in [1.54, 1.807) is 6.08 Å². The molecular formula is C19H17NO2. The van der Waals surface area contributed by atoms with E-state index >= 15 is 0 Å². The van der Waals surface area contributed by atoms with Crippen LogP contribution in [0.15, 0.2) is 65.1 Å². The Bertz CT molecular complexity index is 816. The number of hydrogen-bond donors (Lipinski definition) is 1. The van der Waals surface area contributed by atoms with E-state index in [1.807, 2.05) is 61.5 Å². The van der Waals surface area contributed by atoms with Gasteiger partial charge in [0.15, 0.2) is 0 Å². The van der Waals surface area contributed by atoms with Crippen LogP contribution in [0.1, 0.15) is 16.9 Å². The molecule has 0 radical (unpaired) electrons. The molecule has 0 saturated carbocycles. The van der Waals surface area contributed by atoms with Gasteiger partial charge in [0.05, 0.1) is 0 Å². The minimum absolute atomic E-state index is 0.138. The van der Waals surface area contributed by atoms with Crippen molar-refractivity contribution in [2.24, 2.45) is 0 Å².